The number of fused-ring (bicyclic) bond motifs is 1. The van der Waals surface area contributed by atoms with Crippen molar-refractivity contribution in [1.29, 1.82) is 0 Å². The number of benzene rings is 2. The number of aromatic hydroxyl groups is 1. The summed E-state index contributed by atoms with van der Waals surface area (Å²) in [6.07, 6.45) is 0.248. The van der Waals surface area contributed by atoms with Crippen LogP contribution in [0, 0.1) is 6.92 Å². The number of hydrogen-bond donors (Lipinski definition) is 3. The minimum absolute atomic E-state index is 0.0355. The van der Waals surface area contributed by atoms with Gasteiger partial charge >= 0.3 is 0 Å². The van der Waals surface area contributed by atoms with E-state index in [0.717, 1.165) is 16.7 Å². The summed E-state index contributed by atoms with van der Waals surface area (Å²) in [7, 11) is 3.07. The summed E-state index contributed by atoms with van der Waals surface area (Å²) in [5.74, 6) is 0.489. The van der Waals surface area contributed by atoms with Gasteiger partial charge in [-0.2, -0.15) is 0 Å². The molecule has 2 amide bonds. The van der Waals surface area contributed by atoms with Crippen LogP contribution in [-0.4, -0.2) is 31.1 Å². The molecule has 7 nitrogen and oxygen atoms in total. The van der Waals surface area contributed by atoms with Crippen molar-refractivity contribution >= 4 is 33.8 Å². The van der Waals surface area contributed by atoms with E-state index in [1.165, 1.54) is 18.4 Å². The molecule has 0 spiro atoms. The van der Waals surface area contributed by atoms with Crippen LogP contribution in [0.15, 0.2) is 42.5 Å². The molecule has 4 rings (SSSR count). The highest BCUT2D eigenvalue weighted by molar-refractivity contribution is 7.18. The minimum atomic E-state index is -0.239. The fourth-order valence-corrected chi connectivity index (χ4v) is 4.96. The Labute approximate surface area is 183 Å². The van der Waals surface area contributed by atoms with Crippen molar-refractivity contribution in [2.45, 2.75) is 19.3 Å². The van der Waals surface area contributed by atoms with E-state index in [1.54, 1.807) is 49.6 Å². The molecule has 0 saturated heterocycles. The van der Waals surface area contributed by atoms with Crippen LogP contribution >= 0.6 is 11.3 Å². The fraction of sp³-hybridized carbons (Fsp3) is 0.217. The number of phenols is 1. The number of methoxy groups -OCH3 is 2. The quantitative estimate of drug-likeness (QED) is 0.545. The first-order valence-corrected chi connectivity index (χ1v) is 10.5. The second kappa shape index (κ2) is 8.31. The van der Waals surface area contributed by atoms with Gasteiger partial charge in [-0.1, -0.05) is 6.07 Å². The maximum absolute atomic E-state index is 13.0. The summed E-state index contributed by atoms with van der Waals surface area (Å²) in [5, 5.41) is 16.4. The Hall–Kier alpha value is -3.52. The third kappa shape index (κ3) is 3.94. The summed E-state index contributed by atoms with van der Waals surface area (Å²) in [6, 6.07) is 12.2. The molecule has 0 saturated carbocycles. The summed E-state index contributed by atoms with van der Waals surface area (Å²) in [5.41, 5.74) is 3.23. The van der Waals surface area contributed by atoms with E-state index < -0.39 is 0 Å². The van der Waals surface area contributed by atoms with Crippen LogP contribution in [0.2, 0.25) is 0 Å². The molecule has 0 radical (unpaired) electrons. The highest BCUT2D eigenvalue weighted by atomic mass is 32.1. The zero-order chi connectivity index (χ0) is 22.1. The molecular formula is C23H22N2O5S. The predicted molar refractivity (Wildman–Crippen MR) is 120 cm³/mol. The van der Waals surface area contributed by atoms with Gasteiger partial charge in [0.2, 0.25) is 5.91 Å². The van der Waals surface area contributed by atoms with Gasteiger partial charge in [0.05, 0.1) is 24.1 Å². The lowest BCUT2D eigenvalue weighted by atomic mass is 9.84. The van der Waals surface area contributed by atoms with Crippen molar-refractivity contribution in [2.75, 3.05) is 24.9 Å². The summed E-state index contributed by atoms with van der Waals surface area (Å²) >= 11 is 1.26. The van der Waals surface area contributed by atoms with E-state index in [1.807, 2.05) is 6.92 Å². The normalized spacial score (nSPS) is 15.1. The molecule has 0 fully saturated rings. The Morgan fingerprint density at radius 1 is 1.16 bits per heavy atom. The van der Waals surface area contributed by atoms with Gasteiger partial charge in [-0.3, -0.25) is 9.59 Å². The van der Waals surface area contributed by atoms with E-state index in [0.29, 0.717) is 27.1 Å². The van der Waals surface area contributed by atoms with Crippen LogP contribution in [0.4, 0.5) is 10.7 Å². The maximum atomic E-state index is 13.0. The van der Waals surface area contributed by atoms with Gasteiger partial charge in [-0.15, -0.1) is 11.3 Å². The number of carbonyl (C=O) groups is 2. The number of hydrogen-bond acceptors (Lipinski definition) is 6. The third-order valence-electron chi connectivity index (χ3n) is 5.34. The maximum Gasteiger partial charge on any atom is 0.266 e. The van der Waals surface area contributed by atoms with E-state index in [9.17, 15) is 14.7 Å². The number of rotatable bonds is 5. The molecule has 1 atom stereocenters. The first-order valence-electron chi connectivity index (χ1n) is 9.66. The number of ether oxygens (including phenoxy) is 2. The molecule has 0 unspecified atom stereocenters. The monoisotopic (exact) mass is 438 g/mol. The van der Waals surface area contributed by atoms with Crippen molar-refractivity contribution in [1.82, 2.24) is 0 Å². The van der Waals surface area contributed by atoms with Gasteiger partial charge in [0.15, 0.2) is 11.5 Å². The number of carbonyl (C=O) groups excluding carboxylic acids is 2. The Morgan fingerprint density at radius 3 is 2.58 bits per heavy atom. The van der Waals surface area contributed by atoms with Crippen LogP contribution in [0.5, 0.6) is 17.2 Å². The number of nitrogens with one attached hydrogen (secondary N) is 2. The number of amides is 2. The molecule has 31 heavy (non-hydrogen) atoms. The van der Waals surface area contributed by atoms with Gasteiger partial charge in [-0.25, -0.2) is 0 Å². The summed E-state index contributed by atoms with van der Waals surface area (Å²) in [6.45, 7) is 1.89. The summed E-state index contributed by atoms with van der Waals surface area (Å²) in [4.78, 5) is 25.9. The highest BCUT2D eigenvalue weighted by Gasteiger charge is 2.33. The Morgan fingerprint density at radius 2 is 1.90 bits per heavy atom. The lowest BCUT2D eigenvalue weighted by Crippen LogP contribution is -2.22. The van der Waals surface area contributed by atoms with Crippen molar-refractivity contribution in [3.05, 3.63) is 64.0 Å². The van der Waals surface area contributed by atoms with Crippen LogP contribution < -0.4 is 20.1 Å². The molecule has 160 valence electrons. The van der Waals surface area contributed by atoms with E-state index in [4.69, 9.17) is 9.47 Å². The number of phenolic OH excluding ortho intramolecular Hbond substituents is 1. The molecular weight excluding hydrogens is 416 g/mol. The molecule has 1 aliphatic rings. The molecule has 1 aromatic heterocycles. The molecule has 1 aliphatic heterocycles. The largest absolute Gasteiger partial charge is 0.504 e. The minimum Gasteiger partial charge on any atom is -0.504 e. The molecule has 2 heterocycles. The standard InChI is InChI=1S/C23H22N2O5S/c1-12-20-16(13-4-9-17(26)18(10-13)30-3)11-19(27)25-23(20)31-21(12)22(28)24-14-5-7-15(29-2)8-6-14/h4-10,16,26H,11H2,1-3H3,(H,24,28)(H,25,27)/t16-/m1/s1. The van der Waals surface area contributed by atoms with Crippen molar-refractivity contribution < 1.29 is 24.2 Å². The topological polar surface area (TPSA) is 96.9 Å². The van der Waals surface area contributed by atoms with Crippen molar-refractivity contribution in [3.8, 4) is 17.2 Å². The highest BCUT2D eigenvalue weighted by Crippen LogP contribution is 2.46. The van der Waals surface area contributed by atoms with Crippen LogP contribution in [0.1, 0.15) is 38.7 Å². The van der Waals surface area contributed by atoms with E-state index >= 15 is 0 Å². The second-order valence-corrected chi connectivity index (χ2v) is 8.24. The lowest BCUT2D eigenvalue weighted by Gasteiger charge is -2.24. The molecule has 0 bridgehead atoms. The molecule has 8 heteroatoms. The SMILES string of the molecule is COc1ccc(NC(=O)c2sc3c(c2C)[C@@H](c2ccc(O)c(OC)c2)CC(=O)N3)cc1. The van der Waals surface area contributed by atoms with Crippen molar-refractivity contribution in [2.24, 2.45) is 0 Å². The third-order valence-corrected chi connectivity index (χ3v) is 6.57. The second-order valence-electron chi connectivity index (χ2n) is 7.22. The van der Waals surface area contributed by atoms with Gasteiger partial charge in [0.1, 0.15) is 5.75 Å². The van der Waals surface area contributed by atoms with Gasteiger partial charge < -0.3 is 25.2 Å². The Bertz CT molecular complexity index is 1150. The van der Waals surface area contributed by atoms with Gasteiger partial charge in [0, 0.05) is 18.0 Å². The van der Waals surface area contributed by atoms with Gasteiger partial charge in [-0.05, 0) is 60.0 Å². The first kappa shape index (κ1) is 20.7. The molecule has 0 aliphatic carbocycles. The zero-order valence-corrected chi connectivity index (χ0v) is 18.1. The Kier molecular flexibility index (Phi) is 5.56. The molecule has 3 N–H and O–H groups in total. The summed E-state index contributed by atoms with van der Waals surface area (Å²) < 4.78 is 10.4. The first-order chi connectivity index (χ1) is 14.9. The van der Waals surface area contributed by atoms with Crippen LogP contribution in [-0.2, 0) is 4.79 Å². The predicted octanol–water partition coefficient (Wildman–Crippen LogP) is 4.51. The molecule has 3 aromatic rings. The Balaban J connectivity index is 1.68. The van der Waals surface area contributed by atoms with Gasteiger partial charge in [0.25, 0.3) is 5.91 Å². The number of anilines is 2. The smallest absolute Gasteiger partial charge is 0.266 e. The lowest BCUT2D eigenvalue weighted by molar-refractivity contribution is -0.116. The zero-order valence-electron chi connectivity index (χ0n) is 17.3. The van der Waals surface area contributed by atoms with Crippen LogP contribution in [0.3, 0.4) is 0 Å². The molecule has 2 aromatic carbocycles. The number of thiophene rings is 1. The van der Waals surface area contributed by atoms with E-state index in [-0.39, 0.29) is 29.9 Å². The average molecular weight is 439 g/mol. The van der Waals surface area contributed by atoms with Crippen LogP contribution in [0.25, 0.3) is 0 Å². The van der Waals surface area contributed by atoms with Crippen molar-refractivity contribution in [3.63, 3.8) is 0 Å². The van der Waals surface area contributed by atoms with E-state index in [2.05, 4.69) is 10.6 Å². The average Bonchev–Trinajstić information content (AvgIpc) is 3.10. The fourth-order valence-electron chi connectivity index (χ4n) is 3.78.